The van der Waals surface area contributed by atoms with Gasteiger partial charge in [-0.3, -0.25) is 10.1 Å². The Balaban J connectivity index is 2.61. The lowest BCUT2D eigenvalue weighted by Gasteiger charge is -2.28. The van der Waals surface area contributed by atoms with Gasteiger partial charge in [0, 0.05) is 11.8 Å². The molecule has 0 fully saturated rings. The van der Waals surface area contributed by atoms with Gasteiger partial charge < -0.3 is 5.11 Å². The largest absolute Gasteiger partial charge is 0.480 e. The van der Waals surface area contributed by atoms with Crippen LogP contribution in [0.2, 0.25) is 0 Å². The van der Waals surface area contributed by atoms with Crippen LogP contribution in [-0.4, -0.2) is 28.4 Å². The summed E-state index contributed by atoms with van der Waals surface area (Å²) in [6, 6.07) is 4.14. The Kier molecular flexibility index (Phi) is 4.83. The van der Waals surface area contributed by atoms with Gasteiger partial charge in [-0.1, -0.05) is 6.07 Å². The van der Waals surface area contributed by atoms with Crippen LogP contribution in [0.25, 0.3) is 0 Å². The molecule has 1 heterocycles. The van der Waals surface area contributed by atoms with E-state index in [0.717, 1.165) is 4.21 Å². The number of aliphatic carboxylic acids is 1. The van der Waals surface area contributed by atoms with Gasteiger partial charge in [-0.05, 0) is 32.2 Å². The van der Waals surface area contributed by atoms with E-state index >= 15 is 0 Å². The monoisotopic (exact) mass is 259 g/mol. The summed E-state index contributed by atoms with van der Waals surface area (Å²) in [7, 11) is 0. The topological polar surface area (TPSA) is 49.3 Å². The van der Waals surface area contributed by atoms with Gasteiger partial charge in [-0.25, -0.2) is 0 Å². The van der Waals surface area contributed by atoms with Gasteiger partial charge in [0.25, 0.3) is 0 Å². The molecule has 0 bridgehead atoms. The van der Waals surface area contributed by atoms with Crippen LogP contribution in [0.1, 0.15) is 20.8 Å². The van der Waals surface area contributed by atoms with Crippen LogP contribution in [0, 0.1) is 0 Å². The number of carboxylic acids is 1. The third kappa shape index (κ3) is 3.81. The normalized spacial score (nSPS) is 15.0. The Morgan fingerprint density at radius 2 is 2.38 bits per heavy atom. The minimum atomic E-state index is -0.872. The first-order valence-corrected chi connectivity index (χ1v) is 6.98. The summed E-state index contributed by atoms with van der Waals surface area (Å²) in [5.74, 6) is -0.272. The molecule has 0 aliphatic carbocycles. The molecule has 1 rings (SSSR count). The molecule has 1 atom stereocenters. The van der Waals surface area contributed by atoms with Crippen molar-refractivity contribution >= 4 is 29.1 Å². The molecule has 0 saturated carbocycles. The highest BCUT2D eigenvalue weighted by Gasteiger charge is 2.33. The van der Waals surface area contributed by atoms with E-state index < -0.39 is 11.5 Å². The maximum Gasteiger partial charge on any atom is 0.324 e. The summed E-state index contributed by atoms with van der Waals surface area (Å²) in [4.78, 5) is 11.2. The summed E-state index contributed by atoms with van der Waals surface area (Å²) in [6.45, 7) is 5.64. The summed E-state index contributed by atoms with van der Waals surface area (Å²) >= 11 is 3.22. The summed E-state index contributed by atoms with van der Waals surface area (Å²) in [5, 5.41) is 14.3. The standard InChI is InChI=1S/C11H17NO2S2/c1-8(2)12-11(3,10(13)14)7-16-9-5-4-6-15-9/h4-6,8,12H,7H2,1-3H3,(H,13,14). The van der Waals surface area contributed by atoms with Crippen LogP contribution < -0.4 is 5.32 Å². The number of carboxylic acid groups (broad SMARTS) is 1. The van der Waals surface area contributed by atoms with Crippen molar-refractivity contribution < 1.29 is 9.90 Å². The van der Waals surface area contributed by atoms with Crippen molar-refractivity contribution in [3.8, 4) is 0 Å². The first-order valence-electron chi connectivity index (χ1n) is 5.11. The number of rotatable bonds is 6. The zero-order chi connectivity index (χ0) is 12.2. The van der Waals surface area contributed by atoms with Gasteiger partial charge >= 0.3 is 5.97 Å². The SMILES string of the molecule is CC(C)NC(C)(CSc1cccs1)C(=O)O. The molecule has 0 aliphatic heterocycles. The fourth-order valence-electron chi connectivity index (χ4n) is 1.36. The number of thioether (sulfide) groups is 1. The molecular formula is C11H17NO2S2. The van der Waals surface area contributed by atoms with Gasteiger partial charge in [0.1, 0.15) is 5.54 Å². The molecule has 0 amide bonds. The molecule has 90 valence electrons. The van der Waals surface area contributed by atoms with Gasteiger partial charge in [0.2, 0.25) is 0 Å². The first kappa shape index (κ1) is 13.5. The average Bonchev–Trinajstić information content (AvgIpc) is 2.65. The Bertz CT molecular complexity index is 338. The molecule has 16 heavy (non-hydrogen) atoms. The van der Waals surface area contributed by atoms with Crippen molar-refractivity contribution in [1.29, 1.82) is 0 Å². The lowest BCUT2D eigenvalue weighted by Crippen LogP contribution is -2.54. The highest BCUT2D eigenvalue weighted by atomic mass is 32.2. The second-order valence-electron chi connectivity index (χ2n) is 4.16. The molecule has 0 radical (unpaired) electrons. The molecule has 2 N–H and O–H groups in total. The average molecular weight is 259 g/mol. The second-order valence-corrected chi connectivity index (χ2v) is 6.38. The van der Waals surface area contributed by atoms with Crippen LogP contribution in [0.4, 0.5) is 0 Å². The Morgan fingerprint density at radius 1 is 1.69 bits per heavy atom. The van der Waals surface area contributed by atoms with E-state index in [1.807, 2.05) is 31.4 Å². The number of thiophene rings is 1. The number of hydrogen-bond acceptors (Lipinski definition) is 4. The third-order valence-electron chi connectivity index (χ3n) is 2.08. The van der Waals surface area contributed by atoms with Crippen LogP contribution in [0.3, 0.4) is 0 Å². The predicted molar refractivity (Wildman–Crippen MR) is 69.4 cm³/mol. The van der Waals surface area contributed by atoms with E-state index in [1.54, 1.807) is 30.0 Å². The molecule has 5 heteroatoms. The van der Waals surface area contributed by atoms with Crippen molar-refractivity contribution in [3.63, 3.8) is 0 Å². The molecule has 0 aliphatic rings. The maximum atomic E-state index is 11.2. The smallest absolute Gasteiger partial charge is 0.324 e. The lowest BCUT2D eigenvalue weighted by atomic mass is 10.1. The Morgan fingerprint density at radius 3 is 2.81 bits per heavy atom. The molecule has 1 aromatic heterocycles. The van der Waals surface area contributed by atoms with Gasteiger partial charge in [0.05, 0.1) is 4.21 Å². The molecule has 0 aromatic carbocycles. The maximum absolute atomic E-state index is 11.2. The van der Waals surface area contributed by atoms with Crippen LogP contribution in [0.15, 0.2) is 21.7 Å². The van der Waals surface area contributed by atoms with Crippen molar-refractivity contribution in [2.75, 3.05) is 5.75 Å². The quantitative estimate of drug-likeness (QED) is 0.771. The van der Waals surface area contributed by atoms with E-state index in [0.29, 0.717) is 5.75 Å². The van der Waals surface area contributed by atoms with E-state index in [9.17, 15) is 9.90 Å². The van der Waals surface area contributed by atoms with Gasteiger partial charge in [0.15, 0.2) is 0 Å². The number of nitrogens with one attached hydrogen (secondary N) is 1. The van der Waals surface area contributed by atoms with Crippen molar-refractivity contribution in [2.45, 2.75) is 36.6 Å². The minimum Gasteiger partial charge on any atom is -0.480 e. The van der Waals surface area contributed by atoms with Crippen molar-refractivity contribution in [3.05, 3.63) is 17.5 Å². The van der Waals surface area contributed by atoms with E-state index in [4.69, 9.17) is 0 Å². The highest BCUT2D eigenvalue weighted by Crippen LogP contribution is 2.27. The summed E-state index contributed by atoms with van der Waals surface area (Å²) in [6.07, 6.45) is 0. The molecule has 1 aromatic rings. The molecular weight excluding hydrogens is 242 g/mol. The van der Waals surface area contributed by atoms with Crippen molar-refractivity contribution in [2.24, 2.45) is 0 Å². The number of hydrogen-bond donors (Lipinski definition) is 2. The van der Waals surface area contributed by atoms with E-state index in [-0.39, 0.29) is 6.04 Å². The van der Waals surface area contributed by atoms with Crippen molar-refractivity contribution in [1.82, 2.24) is 5.32 Å². The minimum absolute atomic E-state index is 0.157. The summed E-state index contributed by atoms with van der Waals surface area (Å²) < 4.78 is 1.15. The van der Waals surface area contributed by atoms with Crippen LogP contribution in [0.5, 0.6) is 0 Å². The Labute approximate surface area is 104 Å². The summed E-state index contributed by atoms with van der Waals surface area (Å²) in [5.41, 5.74) is -0.872. The Hall–Kier alpha value is -0.520. The number of carbonyl (C=O) groups is 1. The predicted octanol–water partition coefficient (Wildman–Crippen LogP) is 2.68. The van der Waals surface area contributed by atoms with Crippen LogP contribution >= 0.6 is 23.1 Å². The molecule has 3 nitrogen and oxygen atoms in total. The van der Waals surface area contributed by atoms with E-state index in [1.165, 1.54) is 0 Å². The first-order chi connectivity index (χ1) is 7.44. The molecule has 0 saturated heterocycles. The zero-order valence-electron chi connectivity index (χ0n) is 9.69. The fourth-order valence-corrected chi connectivity index (χ4v) is 3.24. The second kappa shape index (κ2) is 5.70. The van der Waals surface area contributed by atoms with Gasteiger partial charge in [-0.2, -0.15) is 0 Å². The van der Waals surface area contributed by atoms with Gasteiger partial charge in [-0.15, -0.1) is 23.1 Å². The fraction of sp³-hybridized carbons (Fsp3) is 0.545. The zero-order valence-corrected chi connectivity index (χ0v) is 11.3. The molecule has 0 spiro atoms. The third-order valence-corrected chi connectivity index (χ3v) is 4.52. The van der Waals surface area contributed by atoms with E-state index in [2.05, 4.69) is 5.32 Å². The highest BCUT2D eigenvalue weighted by molar-refractivity contribution is 8.01. The van der Waals surface area contributed by atoms with Crippen LogP contribution in [-0.2, 0) is 4.79 Å². The molecule has 1 unspecified atom stereocenters. The lowest BCUT2D eigenvalue weighted by molar-refractivity contribution is -0.143.